The lowest BCUT2D eigenvalue weighted by Crippen LogP contribution is -2.45. The predicted octanol–water partition coefficient (Wildman–Crippen LogP) is 4.90. The van der Waals surface area contributed by atoms with Crippen LogP contribution in [0.5, 0.6) is 0 Å². The molecule has 2 nitrogen and oxygen atoms in total. The molecule has 0 unspecified atom stereocenters. The molecular formula is C18H24F3NO. The molecule has 1 fully saturated rings. The van der Waals surface area contributed by atoms with E-state index >= 15 is 0 Å². The highest BCUT2D eigenvalue weighted by Gasteiger charge is 2.33. The van der Waals surface area contributed by atoms with Gasteiger partial charge in [-0.1, -0.05) is 33.3 Å². The van der Waals surface area contributed by atoms with Crippen LogP contribution in [-0.2, 0) is 6.18 Å². The minimum Gasteiger partial charge on any atom is -0.349 e. The summed E-state index contributed by atoms with van der Waals surface area (Å²) in [5, 5.41) is 2.97. The fourth-order valence-corrected chi connectivity index (χ4v) is 3.46. The van der Waals surface area contributed by atoms with E-state index in [0.717, 1.165) is 31.4 Å². The van der Waals surface area contributed by atoms with Gasteiger partial charge in [-0.25, -0.2) is 0 Å². The normalized spacial score (nSPS) is 25.4. The Bertz CT molecular complexity index is 553. The average Bonchev–Trinajstić information content (AvgIpc) is 2.46. The average molecular weight is 327 g/mol. The van der Waals surface area contributed by atoms with Crippen molar-refractivity contribution in [2.75, 3.05) is 0 Å². The number of carbonyl (C=O) groups is 1. The number of nitrogens with one attached hydrogen (secondary N) is 1. The number of amides is 1. The maximum absolute atomic E-state index is 12.8. The third-order valence-corrected chi connectivity index (χ3v) is 4.79. The van der Waals surface area contributed by atoms with Gasteiger partial charge in [-0.3, -0.25) is 4.79 Å². The molecule has 0 spiro atoms. The number of benzene rings is 1. The summed E-state index contributed by atoms with van der Waals surface area (Å²) in [6.07, 6.45) is -1.37. The van der Waals surface area contributed by atoms with Crippen molar-refractivity contribution in [3.05, 3.63) is 35.4 Å². The Morgan fingerprint density at radius 2 is 1.96 bits per heavy atom. The van der Waals surface area contributed by atoms with Gasteiger partial charge in [0.1, 0.15) is 0 Å². The lowest BCUT2D eigenvalue weighted by atomic mass is 9.74. The minimum absolute atomic E-state index is 0.0285. The van der Waals surface area contributed by atoms with E-state index in [0.29, 0.717) is 17.8 Å². The van der Waals surface area contributed by atoms with Gasteiger partial charge in [-0.05, 0) is 48.8 Å². The van der Waals surface area contributed by atoms with Gasteiger partial charge in [-0.2, -0.15) is 13.2 Å². The molecule has 0 radical (unpaired) electrons. The molecule has 0 bridgehead atoms. The lowest BCUT2D eigenvalue weighted by molar-refractivity contribution is -0.137. The zero-order chi connectivity index (χ0) is 17.2. The van der Waals surface area contributed by atoms with Crippen molar-refractivity contribution in [3.8, 4) is 0 Å². The van der Waals surface area contributed by atoms with E-state index in [2.05, 4.69) is 26.1 Å². The second kappa shape index (κ2) is 6.93. The van der Waals surface area contributed by atoms with Gasteiger partial charge in [0, 0.05) is 11.6 Å². The Balaban J connectivity index is 2.14. The number of halogens is 3. The molecule has 1 aliphatic rings. The number of carbonyl (C=O) groups excluding carboxylic acids is 1. The lowest BCUT2D eigenvalue weighted by Gasteiger charge is -2.37. The summed E-state index contributed by atoms with van der Waals surface area (Å²) in [5.41, 5.74) is -0.719. The van der Waals surface area contributed by atoms with Gasteiger partial charge in [-0.15, -0.1) is 0 Å². The third-order valence-electron chi connectivity index (χ3n) is 4.79. The Labute approximate surface area is 135 Å². The third kappa shape index (κ3) is 4.49. The fourth-order valence-electron chi connectivity index (χ4n) is 3.46. The summed E-state index contributed by atoms with van der Waals surface area (Å²) in [6, 6.07) is 4.64. The SMILES string of the molecule is CC(C)[C@H]1CC[C@@H](C)C[C@H]1NC(=O)c1cccc(C(F)(F)F)c1. The van der Waals surface area contributed by atoms with Crippen LogP contribution in [-0.4, -0.2) is 11.9 Å². The van der Waals surface area contributed by atoms with Crippen molar-refractivity contribution in [2.24, 2.45) is 17.8 Å². The van der Waals surface area contributed by atoms with Crippen LogP contribution in [0.2, 0.25) is 0 Å². The molecule has 0 aliphatic heterocycles. The van der Waals surface area contributed by atoms with Gasteiger partial charge in [0.05, 0.1) is 5.56 Å². The smallest absolute Gasteiger partial charge is 0.349 e. The number of hydrogen-bond acceptors (Lipinski definition) is 1. The zero-order valence-electron chi connectivity index (χ0n) is 13.8. The second-order valence-electron chi connectivity index (χ2n) is 6.98. The van der Waals surface area contributed by atoms with Gasteiger partial charge in [0.2, 0.25) is 0 Å². The van der Waals surface area contributed by atoms with E-state index in [9.17, 15) is 18.0 Å². The summed E-state index contributed by atoms with van der Waals surface area (Å²) in [7, 11) is 0. The monoisotopic (exact) mass is 327 g/mol. The molecule has 1 aliphatic carbocycles. The molecule has 1 saturated carbocycles. The topological polar surface area (TPSA) is 29.1 Å². The first-order chi connectivity index (χ1) is 10.7. The number of rotatable bonds is 3. The first-order valence-corrected chi connectivity index (χ1v) is 8.16. The highest BCUT2D eigenvalue weighted by Crippen LogP contribution is 2.34. The van der Waals surface area contributed by atoms with Crippen LogP contribution < -0.4 is 5.32 Å². The molecule has 2 rings (SSSR count). The molecule has 1 aromatic rings. The van der Waals surface area contributed by atoms with Crippen LogP contribution in [0, 0.1) is 17.8 Å². The predicted molar refractivity (Wildman–Crippen MR) is 84.0 cm³/mol. The van der Waals surface area contributed by atoms with Gasteiger partial charge in [0.25, 0.3) is 5.91 Å². The van der Waals surface area contributed by atoms with E-state index in [4.69, 9.17) is 0 Å². The first-order valence-electron chi connectivity index (χ1n) is 8.16. The molecular weight excluding hydrogens is 303 g/mol. The highest BCUT2D eigenvalue weighted by atomic mass is 19.4. The van der Waals surface area contributed by atoms with Crippen LogP contribution in [0.3, 0.4) is 0 Å². The van der Waals surface area contributed by atoms with E-state index in [1.807, 2.05) is 0 Å². The van der Waals surface area contributed by atoms with Crippen molar-refractivity contribution in [1.82, 2.24) is 5.32 Å². The van der Waals surface area contributed by atoms with Gasteiger partial charge < -0.3 is 5.32 Å². The second-order valence-corrected chi connectivity index (χ2v) is 6.98. The van der Waals surface area contributed by atoms with Crippen LogP contribution >= 0.6 is 0 Å². The molecule has 0 saturated heterocycles. The van der Waals surface area contributed by atoms with E-state index in [1.165, 1.54) is 12.1 Å². The Morgan fingerprint density at radius 1 is 1.26 bits per heavy atom. The standard InChI is InChI=1S/C18H24F3NO/c1-11(2)15-8-7-12(3)9-16(15)22-17(23)13-5-4-6-14(10-13)18(19,20)21/h4-6,10-12,15-16H,7-9H2,1-3H3,(H,22,23)/t12-,15-,16-/m1/s1. The van der Waals surface area contributed by atoms with Crippen LogP contribution in [0.4, 0.5) is 13.2 Å². The van der Waals surface area contributed by atoms with Crippen molar-refractivity contribution < 1.29 is 18.0 Å². The Kier molecular flexibility index (Phi) is 5.37. The minimum atomic E-state index is -4.43. The maximum Gasteiger partial charge on any atom is 0.416 e. The van der Waals surface area contributed by atoms with Crippen LogP contribution in [0.1, 0.15) is 56.0 Å². The summed E-state index contributed by atoms with van der Waals surface area (Å²) in [6.45, 7) is 6.41. The quantitative estimate of drug-likeness (QED) is 0.841. The molecule has 128 valence electrons. The molecule has 1 aromatic carbocycles. The number of hydrogen-bond donors (Lipinski definition) is 1. The molecule has 5 heteroatoms. The Hall–Kier alpha value is -1.52. The van der Waals surface area contributed by atoms with Gasteiger partial charge >= 0.3 is 6.18 Å². The van der Waals surface area contributed by atoms with Crippen molar-refractivity contribution in [1.29, 1.82) is 0 Å². The Morgan fingerprint density at radius 3 is 2.57 bits per heavy atom. The molecule has 0 heterocycles. The molecule has 1 amide bonds. The molecule has 3 atom stereocenters. The molecule has 23 heavy (non-hydrogen) atoms. The summed E-state index contributed by atoms with van der Waals surface area (Å²) < 4.78 is 38.3. The van der Waals surface area contributed by atoms with E-state index in [-0.39, 0.29) is 11.6 Å². The van der Waals surface area contributed by atoms with E-state index in [1.54, 1.807) is 0 Å². The number of alkyl halides is 3. The van der Waals surface area contributed by atoms with Crippen LogP contribution in [0.25, 0.3) is 0 Å². The van der Waals surface area contributed by atoms with Crippen molar-refractivity contribution in [3.63, 3.8) is 0 Å². The summed E-state index contributed by atoms with van der Waals surface area (Å²) in [4.78, 5) is 12.4. The molecule has 1 N–H and O–H groups in total. The summed E-state index contributed by atoms with van der Waals surface area (Å²) >= 11 is 0. The maximum atomic E-state index is 12.8. The first kappa shape index (κ1) is 17.8. The highest BCUT2D eigenvalue weighted by molar-refractivity contribution is 5.94. The van der Waals surface area contributed by atoms with Crippen molar-refractivity contribution >= 4 is 5.91 Å². The van der Waals surface area contributed by atoms with Crippen molar-refractivity contribution in [2.45, 2.75) is 52.3 Å². The van der Waals surface area contributed by atoms with Crippen LogP contribution in [0.15, 0.2) is 24.3 Å². The summed E-state index contributed by atoms with van der Waals surface area (Å²) in [5.74, 6) is 0.924. The van der Waals surface area contributed by atoms with Gasteiger partial charge in [0.15, 0.2) is 0 Å². The zero-order valence-corrected chi connectivity index (χ0v) is 13.8. The largest absolute Gasteiger partial charge is 0.416 e. The van der Waals surface area contributed by atoms with E-state index < -0.39 is 17.6 Å². The molecule has 0 aromatic heterocycles. The fraction of sp³-hybridized carbons (Fsp3) is 0.611.